The van der Waals surface area contributed by atoms with Crippen LogP contribution in [0.3, 0.4) is 0 Å². The van der Waals surface area contributed by atoms with Crippen LogP contribution >= 0.6 is 0 Å². The number of likely N-dealkylation sites (tertiary alicyclic amines) is 1. The van der Waals surface area contributed by atoms with E-state index in [0.29, 0.717) is 37.0 Å². The van der Waals surface area contributed by atoms with Crippen molar-refractivity contribution >= 4 is 22.6 Å². The number of aromatic hydroxyl groups is 1. The highest BCUT2D eigenvalue weighted by atomic mass is 19.3. The molecule has 0 spiro atoms. The van der Waals surface area contributed by atoms with E-state index in [1.165, 1.54) is 15.2 Å². The molecular formula is C18H24F2N4O3. The summed E-state index contributed by atoms with van der Waals surface area (Å²) in [5.74, 6) is -0.215. The summed E-state index contributed by atoms with van der Waals surface area (Å²) in [5, 5.41) is 12.9. The third-order valence-electron chi connectivity index (χ3n) is 5.24. The number of alkyl halides is 2. The highest BCUT2D eigenvalue weighted by Crippen LogP contribution is 2.29. The molecule has 2 N–H and O–H groups in total. The van der Waals surface area contributed by atoms with E-state index in [-0.39, 0.29) is 41.9 Å². The number of carbonyl (C=O) groups is 1. The highest BCUT2D eigenvalue weighted by molar-refractivity contribution is 5.95. The third-order valence-corrected chi connectivity index (χ3v) is 5.24. The minimum absolute atomic E-state index is 0.108. The second-order valence-electron chi connectivity index (χ2n) is 7.15. The first-order valence-corrected chi connectivity index (χ1v) is 8.95. The first-order chi connectivity index (χ1) is 12.8. The molecule has 148 valence electrons. The Morgan fingerprint density at radius 1 is 1.22 bits per heavy atom. The number of carbonyl (C=O) groups excluding carboxylic acids is 1. The lowest BCUT2D eigenvalue weighted by Gasteiger charge is -2.31. The van der Waals surface area contributed by atoms with Gasteiger partial charge < -0.3 is 10.4 Å². The summed E-state index contributed by atoms with van der Waals surface area (Å²) in [6.45, 7) is 0.903. The van der Waals surface area contributed by atoms with Gasteiger partial charge in [0.1, 0.15) is 5.75 Å². The molecule has 9 heteroatoms. The lowest BCUT2D eigenvalue weighted by atomic mass is 9.93. The number of hydrogen-bond acceptors (Lipinski definition) is 4. The number of imidazole rings is 1. The van der Waals surface area contributed by atoms with E-state index in [1.54, 1.807) is 25.1 Å². The van der Waals surface area contributed by atoms with Crippen molar-refractivity contribution in [3.05, 3.63) is 22.6 Å². The SMILES string of the molecule is Cn1c(=O)n(C)c2cc(NC(=O)CC3CCN(CC(F)F)CC3)c(O)cc21. The number of phenols is 1. The number of fused-ring (bicyclic) bond motifs is 1. The van der Waals surface area contributed by atoms with Crippen molar-refractivity contribution < 1.29 is 18.7 Å². The molecule has 1 saturated heterocycles. The van der Waals surface area contributed by atoms with E-state index in [9.17, 15) is 23.5 Å². The maximum atomic E-state index is 12.4. The fourth-order valence-electron chi connectivity index (χ4n) is 3.67. The fourth-order valence-corrected chi connectivity index (χ4v) is 3.67. The van der Waals surface area contributed by atoms with Gasteiger partial charge in [0.15, 0.2) is 0 Å². The van der Waals surface area contributed by atoms with Crippen LogP contribution in [0.4, 0.5) is 14.5 Å². The first-order valence-electron chi connectivity index (χ1n) is 8.95. The predicted octanol–water partition coefficient (Wildman–Crippen LogP) is 1.89. The predicted molar refractivity (Wildman–Crippen MR) is 98.2 cm³/mol. The van der Waals surface area contributed by atoms with Crippen molar-refractivity contribution in [2.45, 2.75) is 25.7 Å². The summed E-state index contributed by atoms with van der Waals surface area (Å²) in [4.78, 5) is 26.1. The van der Waals surface area contributed by atoms with Crippen LogP contribution in [-0.4, -0.2) is 51.1 Å². The van der Waals surface area contributed by atoms with Crippen molar-refractivity contribution in [1.82, 2.24) is 14.0 Å². The third kappa shape index (κ3) is 4.13. The van der Waals surface area contributed by atoms with E-state index in [0.717, 1.165) is 0 Å². The number of halogens is 2. The van der Waals surface area contributed by atoms with Crippen LogP contribution in [-0.2, 0) is 18.9 Å². The summed E-state index contributed by atoms with van der Waals surface area (Å²) < 4.78 is 27.7. The normalized spacial score (nSPS) is 16.3. The second-order valence-corrected chi connectivity index (χ2v) is 7.15. The van der Waals surface area contributed by atoms with Crippen LogP contribution in [0, 0.1) is 5.92 Å². The van der Waals surface area contributed by atoms with Gasteiger partial charge in [0, 0.05) is 26.6 Å². The number of aryl methyl sites for hydroxylation is 2. The van der Waals surface area contributed by atoms with Crippen molar-refractivity contribution in [3.8, 4) is 5.75 Å². The zero-order chi connectivity index (χ0) is 19.7. The Kier molecular flexibility index (Phi) is 5.50. The molecule has 1 aromatic carbocycles. The van der Waals surface area contributed by atoms with Gasteiger partial charge >= 0.3 is 5.69 Å². The Hall–Kier alpha value is -2.42. The Balaban J connectivity index is 1.64. The van der Waals surface area contributed by atoms with Gasteiger partial charge in [0.25, 0.3) is 6.43 Å². The summed E-state index contributed by atoms with van der Waals surface area (Å²) in [5.41, 5.74) is 1.22. The molecule has 0 aliphatic carbocycles. The van der Waals surface area contributed by atoms with Crippen LogP contribution in [0.1, 0.15) is 19.3 Å². The van der Waals surface area contributed by atoms with Gasteiger partial charge in [0.05, 0.1) is 23.3 Å². The van der Waals surface area contributed by atoms with Gasteiger partial charge in [-0.1, -0.05) is 0 Å². The van der Waals surface area contributed by atoms with Gasteiger partial charge in [-0.3, -0.25) is 18.8 Å². The van der Waals surface area contributed by atoms with Gasteiger partial charge in [-0.15, -0.1) is 0 Å². The number of rotatable bonds is 5. The van der Waals surface area contributed by atoms with Crippen molar-refractivity contribution in [2.75, 3.05) is 25.0 Å². The first kappa shape index (κ1) is 19.3. The lowest BCUT2D eigenvalue weighted by molar-refractivity contribution is -0.117. The van der Waals surface area contributed by atoms with Gasteiger partial charge in [0.2, 0.25) is 5.91 Å². The van der Waals surface area contributed by atoms with Crippen molar-refractivity contribution in [3.63, 3.8) is 0 Å². The number of hydrogen-bond donors (Lipinski definition) is 2. The Bertz CT molecular complexity index is 898. The highest BCUT2D eigenvalue weighted by Gasteiger charge is 2.23. The van der Waals surface area contributed by atoms with E-state index < -0.39 is 6.43 Å². The standard InChI is InChI=1S/C18H24F2N4O3/c1-22-13-8-12(15(25)9-14(13)23(2)18(22)27)21-17(26)7-11-3-5-24(6-4-11)10-16(19)20/h8-9,11,16,25H,3-7,10H2,1-2H3,(H,21,26). The lowest BCUT2D eigenvalue weighted by Crippen LogP contribution is -2.37. The molecule has 27 heavy (non-hydrogen) atoms. The van der Waals surface area contributed by atoms with Gasteiger partial charge in [-0.05, 0) is 37.9 Å². The molecule has 3 rings (SSSR count). The van der Waals surface area contributed by atoms with Gasteiger partial charge in [-0.25, -0.2) is 13.6 Å². The number of aromatic nitrogens is 2. The molecule has 1 aliphatic heterocycles. The minimum Gasteiger partial charge on any atom is -0.506 e. The number of benzene rings is 1. The number of phenolic OH excluding ortho intramolecular Hbond substituents is 1. The molecule has 0 bridgehead atoms. The number of amides is 1. The molecule has 1 fully saturated rings. The molecule has 0 radical (unpaired) electrons. The largest absolute Gasteiger partial charge is 0.506 e. The monoisotopic (exact) mass is 382 g/mol. The Morgan fingerprint density at radius 3 is 2.41 bits per heavy atom. The van der Waals surface area contributed by atoms with Crippen molar-refractivity contribution in [2.24, 2.45) is 20.0 Å². The quantitative estimate of drug-likeness (QED) is 0.774. The van der Waals surface area contributed by atoms with Crippen molar-refractivity contribution in [1.29, 1.82) is 0 Å². The van der Waals surface area contributed by atoms with E-state index in [1.807, 2.05) is 0 Å². The molecule has 2 heterocycles. The number of piperidine rings is 1. The average Bonchev–Trinajstić information content (AvgIpc) is 2.81. The minimum atomic E-state index is -2.34. The van der Waals surface area contributed by atoms with Crippen LogP contribution in [0.5, 0.6) is 5.75 Å². The van der Waals surface area contributed by atoms with Crippen LogP contribution < -0.4 is 11.0 Å². The molecule has 1 aliphatic rings. The maximum absolute atomic E-state index is 12.4. The molecule has 0 atom stereocenters. The number of anilines is 1. The van der Waals surface area contributed by atoms with E-state index in [4.69, 9.17) is 0 Å². The summed E-state index contributed by atoms with van der Waals surface area (Å²) in [6.07, 6.45) is -0.679. The van der Waals surface area contributed by atoms with E-state index >= 15 is 0 Å². The topological polar surface area (TPSA) is 79.5 Å². The second kappa shape index (κ2) is 7.67. The average molecular weight is 382 g/mol. The van der Waals surface area contributed by atoms with E-state index in [2.05, 4.69) is 5.32 Å². The molecule has 7 nitrogen and oxygen atoms in total. The Labute approximate surface area is 155 Å². The zero-order valence-corrected chi connectivity index (χ0v) is 15.4. The molecule has 1 aromatic heterocycles. The smallest absolute Gasteiger partial charge is 0.328 e. The zero-order valence-electron chi connectivity index (χ0n) is 15.4. The molecular weight excluding hydrogens is 358 g/mol. The van der Waals surface area contributed by atoms with Crippen LogP contribution in [0.15, 0.2) is 16.9 Å². The maximum Gasteiger partial charge on any atom is 0.328 e. The number of nitrogens with one attached hydrogen (secondary N) is 1. The molecule has 0 saturated carbocycles. The number of nitrogens with zero attached hydrogens (tertiary/aromatic N) is 3. The van der Waals surface area contributed by atoms with Gasteiger partial charge in [-0.2, -0.15) is 0 Å². The Morgan fingerprint density at radius 2 is 1.81 bits per heavy atom. The molecule has 1 amide bonds. The summed E-state index contributed by atoms with van der Waals surface area (Å²) in [7, 11) is 3.24. The summed E-state index contributed by atoms with van der Waals surface area (Å²) in [6, 6.07) is 3.03. The molecule has 0 unspecified atom stereocenters. The summed E-state index contributed by atoms with van der Waals surface area (Å²) >= 11 is 0. The molecule has 2 aromatic rings. The fraction of sp³-hybridized carbons (Fsp3) is 0.556. The van der Waals surface area contributed by atoms with Crippen LogP contribution in [0.25, 0.3) is 11.0 Å². The van der Waals surface area contributed by atoms with Crippen LogP contribution in [0.2, 0.25) is 0 Å².